The summed E-state index contributed by atoms with van der Waals surface area (Å²) in [4.78, 5) is 20.4. The summed E-state index contributed by atoms with van der Waals surface area (Å²) in [7, 11) is 0. The third-order valence-electron chi connectivity index (χ3n) is 4.05. The lowest BCUT2D eigenvalue weighted by Crippen LogP contribution is -2.46. The van der Waals surface area contributed by atoms with Gasteiger partial charge in [-0.3, -0.25) is 4.79 Å². The first kappa shape index (κ1) is 12.2. The van der Waals surface area contributed by atoms with E-state index in [-0.39, 0.29) is 17.2 Å². The monoisotopic (exact) mass is 255 g/mol. The normalized spacial score (nSPS) is 30.4. The highest BCUT2D eigenvalue weighted by molar-refractivity contribution is 6.04. The van der Waals surface area contributed by atoms with Gasteiger partial charge in [0, 0.05) is 23.2 Å². The van der Waals surface area contributed by atoms with E-state index in [2.05, 4.69) is 9.97 Å². The molecule has 4 heteroatoms. The number of carbonyl (C=O) groups is 1. The van der Waals surface area contributed by atoms with Crippen molar-refractivity contribution in [2.24, 2.45) is 11.7 Å². The molecule has 0 saturated heterocycles. The first-order chi connectivity index (χ1) is 9.08. The number of hydrogen-bond acceptors (Lipinski definition) is 4. The Morgan fingerprint density at radius 1 is 1.42 bits per heavy atom. The number of fused-ring (bicyclic) bond motifs is 1. The molecule has 1 heterocycles. The highest BCUT2D eigenvalue weighted by Crippen LogP contribution is 2.40. The maximum atomic E-state index is 12.3. The number of nitrogens with zero attached hydrogens (tertiary/aromatic N) is 2. The van der Waals surface area contributed by atoms with Crippen LogP contribution in [0.25, 0.3) is 5.57 Å². The minimum Gasteiger partial charge on any atom is -0.322 e. The van der Waals surface area contributed by atoms with Crippen molar-refractivity contribution in [3.63, 3.8) is 0 Å². The van der Waals surface area contributed by atoms with Crippen LogP contribution in [0, 0.1) is 5.92 Å². The molecule has 1 saturated carbocycles. The van der Waals surface area contributed by atoms with E-state index in [1.165, 1.54) is 6.33 Å². The first-order valence-corrected chi connectivity index (χ1v) is 6.61. The number of carbonyl (C=O) groups excluding carboxylic acids is 1. The lowest BCUT2D eigenvalue weighted by Gasteiger charge is -2.39. The molecule has 2 aliphatic rings. The van der Waals surface area contributed by atoms with E-state index in [1.807, 2.05) is 19.1 Å². The Labute approximate surface area is 112 Å². The van der Waals surface area contributed by atoms with Gasteiger partial charge in [-0.25, -0.2) is 9.97 Å². The molecular formula is C15H17N3O. The van der Waals surface area contributed by atoms with E-state index in [0.29, 0.717) is 0 Å². The number of aromatic nitrogens is 2. The SMILES string of the molecule is CC1(N)CCCC2C(=O)C=C(c3ccncn3)C=C21. The van der Waals surface area contributed by atoms with E-state index in [0.717, 1.165) is 36.1 Å². The summed E-state index contributed by atoms with van der Waals surface area (Å²) in [6.45, 7) is 2.02. The van der Waals surface area contributed by atoms with Crippen LogP contribution in [0.1, 0.15) is 31.9 Å². The molecule has 3 rings (SSSR count). The van der Waals surface area contributed by atoms with Gasteiger partial charge in [-0.2, -0.15) is 0 Å². The van der Waals surface area contributed by atoms with Crippen LogP contribution in [-0.4, -0.2) is 21.3 Å². The topological polar surface area (TPSA) is 68.9 Å². The predicted octanol–water partition coefficient (Wildman–Crippen LogP) is 1.89. The van der Waals surface area contributed by atoms with Crippen LogP contribution < -0.4 is 5.73 Å². The van der Waals surface area contributed by atoms with Gasteiger partial charge in [-0.05, 0) is 37.5 Å². The fourth-order valence-electron chi connectivity index (χ4n) is 3.00. The van der Waals surface area contributed by atoms with Crippen LogP contribution >= 0.6 is 0 Å². The summed E-state index contributed by atoms with van der Waals surface area (Å²) in [6.07, 6.45) is 9.77. The van der Waals surface area contributed by atoms with Crippen LogP contribution in [0.5, 0.6) is 0 Å². The molecule has 4 nitrogen and oxygen atoms in total. The maximum absolute atomic E-state index is 12.3. The van der Waals surface area contributed by atoms with Crippen LogP contribution in [0.4, 0.5) is 0 Å². The molecule has 0 amide bonds. The summed E-state index contributed by atoms with van der Waals surface area (Å²) < 4.78 is 0. The van der Waals surface area contributed by atoms with Crippen LogP contribution in [0.3, 0.4) is 0 Å². The van der Waals surface area contributed by atoms with Crippen molar-refractivity contribution in [1.82, 2.24) is 9.97 Å². The van der Waals surface area contributed by atoms with Gasteiger partial charge in [0.2, 0.25) is 0 Å². The Kier molecular flexibility index (Phi) is 2.82. The molecule has 2 N–H and O–H groups in total. The zero-order chi connectivity index (χ0) is 13.5. The molecule has 1 aromatic rings. The predicted molar refractivity (Wildman–Crippen MR) is 73.0 cm³/mol. The second-order valence-electron chi connectivity index (χ2n) is 5.56. The molecule has 0 aliphatic heterocycles. The Morgan fingerprint density at radius 3 is 3.00 bits per heavy atom. The average molecular weight is 255 g/mol. The quantitative estimate of drug-likeness (QED) is 0.832. The van der Waals surface area contributed by atoms with Crippen molar-refractivity contribution in [2.45, 2.75) is 31.7 Å². The summed E-state index contributed by atoms with van der Waals surface area (Å²) in [5, 5.41) is 0. The summed E-state index contributed by atoms with van der Waals surface area (Å²) in [5.74, 6) is 0.122. The van der Waals surface area contributed by atoms with Crippen molar-refractivity contribution in [2.75, 3.05) is 0 Å². The highest BCUT2D eigenvalue weighted by atomic mass is 16.1. The molecule has 0 radical (unpaired) electrons. The molecule has 0 spiro atoms. The second kappa shape index (κ2) is 4.38. The van der Waals surface area contributed by atoms with E-state index >= 15 is 0 Å². The molecule has 2 atom stereocenters. The largest absolute Gasteiger partial charge is 0.322 e. The van der Waals surface area contributed by atoms with Crippen LogP contribution in [-0.2, 0) is 4.79 Å². The highest BCUT2D eigenvalue weighted by Gasteiger charge is 2.38. The van der Waals surface area contributed by atoms with Gasteiger partial charge >= 0.3 is 0 Å². The number of ketones is 1. The molecule has 2 unspecified atom stereocenters. The molecule has 0 bridgehead atoms. The zero-order valence-corrected chi connectivity index (χ0v) is 11.0. The van der Waals surface area contributed by atoms with E-state index in [1.54, 1.807) is 12.3 Å². The Morgan fingerprint density at radius 2 is 2.26 bits per heavy atom. The molecule has 2 aliphatic carbocycles. The van der Waals surface area contributed by atoms with Crippen molar-refractivity contribution < 1.29 is 4.79 Å². The minimum absolute atomic E-state index is 0.0330. The smallest absolute Gasteiger partial charge is 0.163 e. The number of nitrogens with two attached hydrogens (primary N) is 1. The number of allylic oxidation sites excluding steroid dienone is 3. The van der Waals surface area contributed by atoms with E-state index < -0.39 is 0 Å². The first-order valence-electron chi connectivity index (χ1n) is 6.61. The average Bonchev–Trinajstić information content (AvgIpc) is 2.40. The second-order valence-corrected chi connectivity index (χ2v) is 5.56. The minimum atomic E-state index is -0.384. The fourth-order valence-corrected chi connectivity index (χ4v) is 3.00. The van der Waals surface area contributed by atoms with Crippen molar-refractivity contribution in [1.29, 1.82) is 0 Å². The third kappa shape index (κ3) is 2.12. The Hall–Kier alpha value is -1.81. The van der Waals surface area contributed by atoms with Crippen molar-refractivity contribution >= 4 is 11.4 Å². The standard InChI is InChI=1S/C15H17N3O/c1-15(16)5-2-3-11-12(15)7-10(8-14(11)19)13-4-6-17-9-18-13/h4,6-9,11H,2-3,5,16H2,1H3. The van der Waals surface area contributed by atoms with Crippen molar-refractivity contribution in [3.05, 3.63) is 42.0 Å². The van der Waals surface area contributed by atoms with Gasteiger partial charge in [0.15, 0.2) is 5.78 Å². The van der Waals surface area contributed by atoms with Gasteiger partial charge < -0.3 is 5.73 Å². The van der Waals surface area contributed by atoms with Gasteiger partial charge in [0.25, 0.3) is 0 Å². The Bertz CT molecular complexity index is 572. The van der Waals surface area contributed by atoms with E-state index in [9.17, 15) is 4.79 Å². The maximum Gasteiger partial charge on any atom is 0.163 e. The molecule has 19 heavy (non-hydrogen) atoms. The van der Waals surface area contributed by atoms with E-state index in [4.69, 9.17) is 5.73 Å². The van der Waals surface area contributed by atoms with Crippen LogP contribution in [0.2, 0.25) is 0 Å². The zero-order valence-electron chi connectivity index (χ0n) is 11.0. The lowest BCUT2D eigenvalue weighted by atomic mass is 9.68. The summed E-state index contributed by atoms with van der Waals surface area (Å²) >= 11 is 0. The third-order valence-corrected chi connectivity index (χ3v) is 4.05. The summed E-state index contributed by atoms with van der Waals surface area (Å²) in [6, 6.07) is 1.81. The number of hydrogen-bond donors (Lipinski definition) is 1. The molecular weight excluding hydrogens is 238 g/mol. The summed E-state index contributed by atoms with van der Waals surface area (Å²) in [5.41, 5.74) is 8.64. The fraction of sp³-hybridized carbons (Fsp3) is 0.400. The van der Waals surface area contributed by atoms with Gasteiger partial charge in [0.05, 0.1) is 5.69 Å². The van der Waals surface area contributed by atoms with Gasteiger partial charge in [-0.15, -0.1) is 0 Å². The van der Waals surface area contributed by atoms with Gasteiger partial charge in [0.1, 0.15) is 6.33 Å². The number of rotatable bonds is 1. The van der Waals surface area contributed by atoms with Gasteiger partial charge in [-0.1, -0.05) is 12.5 Å². The van der Waals surface area contributed by atoms with Crippen LogP contribution in [0.15, 0.2) is 36.3 Å². The Balaban J connectivity index is 2.05. The van der Waals surface area contributed by atoms with Crippen molar-refractivity contribution in [3.8, 4) is 0 Å². The molecule has 1 fully saturated rings. The lowest BCUT2D eigenvalue weighted by molar-refractivity contribution is -0.118. The molecule has 0 aromatic carbocycles. The molecule has 1 aromatic heterocycles. The molecule has 98 valence electrons.